The number of nitrogens with zero attached hydrogens (tertiary/aromatic N) is 1. The highest BCUT2D eigenvalue weighted by Gasteiger charge is 2.27. The summed E-state index contributed by atoms with van der Waals surface area (Å²) in [6, 6.07) is 1.02. The number of hydrogen-bond donors (Lipinski definition) is 1. The molecule has 0 aromatic heterocycles. The van der Waals surface area contributed by atoms with Crippen molar-refractivity contribution in [3.05, 3.63) is 0 Å². The van der Waals surface area contributed by atoms with E-state index in [1.165, 1.54) is 25.5 Å². The van der Waals surface area contributed by atoms with Crippen LogP contribution in [0.15, 0.2) is 0 Å². The highest BCUT2D eigenvalue weighted by atomic mass is 32.2. The van der Waals surface area contributed by atoms with Gasteiger partial charge < -0.3 is 5.32 Å². The third kappa shape index (κ3) is 6.55. The first kappa shape index (κ1) is 17.9. The fraction of sp³-hybridized carbons (Fsp3) is 1.00. The Morgan fingerprint density at radius 1 is 1.35 bits per heavy atom. The van der Waals surface area contributed by atoms with Crippen molar-refractivity contribution in [2.75, 3.05) is 19.3 Å². The standard InChI is InChI=1S/C15H32N2O2S/c1-5-6-9-15(16-13(2)3)11-14-8-7-10-17(12-14)20(4,18)19/h13-16H,5-12H2,1-4H3. The van der Waals surface area contributed by atoms with Gasteiger partial charge in [0.2, 0.25) is 10.0 Å². The van der Waals surface area contributed by atoms with Gasteiger partial charge in [-0.3, -0.25) is 0 Å². The fourth-order valence-electron chi connectivity index (χ4n) is 3.11. The lowest BCUT2D eigenvalue weighted by Gasteiger charge is -2.33. The number of nitrogens with one attached hydrogen (secondary N) is 1. The molecule has 2 atom stereocenters. The van der Waals surface area contributed by atoms with Gasteiger partial charge in [-0.05, 0) is 31.6 Å². The Morgan fingerprint density at radius 3 is 2.60 bits per heavy atom. The Hall–Kier alpha value is -0.130. The van der Waals surface area contributed by atoms with E-state index in [2.05, 4.69) is 26.1 Å². The molecule has 0 amide bonds. The molecule has 0 saturated carbocycles. The first-order valence-electron chi connectivity index (χ1n) is 8.04. The van der Waals surface area contributed by atoms with Crippen molar-refractivity contribution in [2.24, 2.45) is 5.92 Å². The van der Waals surface area contributed by atoms with Crippen molar-refractivity contribution in [2.45, 2.75) is 71.4 Å². The quantitative estimate of drug-likeness (QED) is 0.750. The van der Waals surface area contributed by atoms with Crippen molar-refractivity contribution >= 4 is 10.0 Å². The Bertz CT molecular complexity index is 368. The number of rotatable bonds is 8. The van der Waals surface area contributed by atoms with Gasteiger partial charge in [-0.2, -0.15) is 0 Å². The minimum atomic E-state index is -3.02. The summed E-state index contributed by atoms with van der Waals surface area (Å²) in [4.78, 5) is 0. The number of unbranched alkanes of at least 4 members (excludes halogenated alkanes) is 1. The zero-order chi connectivity index (χ0) is 15.2. The third-order valence-electron chi connectivity index (χ3n) is 4.04. The van der Waals surface area contributed by atoms with E-state index in [4.69, 9.17) is 0 Å². The van der Waals surface area contributed by atoms with Crippen molar-refractivity contribution < 1.29 is 8.42 Å². The van der Waals surface area contributed by atoms with Gasteiger partial charge in [-0.1, -0.05) is 33.6 Å². The average molecular weight is 304 g/mol. The predicted octanol–water partition coefficient (Wildman–Crippen LogP) is 2.60. The molecule has 0 spiro atoms. The van der Waals surface area contributed by atoms with Crippen LogP contribution in [0.2, 0.25) is 0 Å². The van der Waals surface area contributed by atoms with E-state index < -0.39 is 10.0 Å². The van der Waals surface area contributed by atoms with Crippen LogP contribution in [-0.2, 0) is 10.0 Å². The summed E-state index contributed by atoms with van der Waals surface area (Å²) < 4.78 is 25.0. The molecule has 2 unspecified atom stereocenters. The Labute approximate surface area is 125 Å². The lowest BCUT2D eigenvalue weighted by atomic mass is 9.90. The molecular weight excluding hydrogens is 272 g/mol. The minimum absolute atomic E-state index is 0.492. The summed E-state index contributed by atoms with van der Waals surface area (Å²) in [6.07, 6.45) is 8.25. The molecule has 1 aliphatic heterocycles. The zero-order valence-electron chi connectivity index (χ0n) is 13.6. The molecule has 1 saturated heterocycles. The van der Waals surface area contributed by atoms with Crippen LogP contribution in [-0.4, -0.2) is 44.2 Å². The molecule has 1 heterocycles. The molecule has 1 N–H and O–H groups in total. The summed E-state index contributed by atoms with van der Waals surface area (Å²) in [5, 5.41) is 3.65. The van der Waals surface area contributed by atoms with Gasteiger partial charge in [0.05, 0.1) is 6.26 Å². The van der Waals surface area contributed by atoms with E-state index in [0.29, 0.717) is 31.1 Å². The van der Waals surface area contributed by atoms with Crippen LogP contribution in [0.1, 0.15) is 59.3 Å². The summed E-state index contributed by atoms with van der Waals surface area (Å²) in [6.45, 7) is 8.00. The van der Waals surface area contributed by atoms with Crippen LogP contribution in [0.5, 0.6) is 0 Å². The number of sulfonamides is 1. The minimum Gasteiger partial charge on any atom is -0.312 e. The first-order valence-corrected chi connectivity index (χ1v) is 9.89. The highest BCUT2D eigenvalue weighted by Crippen LogP contribution is 2.24. The maximum Gasteiger partial charge on any atom is 0.211 e. The number of piperidine rings is 1. The van der Waals surface area contributed by atoms with Crippen molar-refractivity contribution in [1.29, 1.82) is 0 Å². The van der Waals surface area contributed by atoms with Gasteiger partial charge in [0.1, 0.15) is 0 Å². The molecule has 4 nitrogen and oxygen atoms in total. The van der Waals surface area contributed by atoms with Gasteiger partial charge in [-0.25, -0.2) is 12.7 Å². The summed E-state index contributed by atoms with van der Waals surface area (Å²) >= 11 is 0. The monoisotopic (exact) mass is 304 g/mol. The second kappa shape index (κ2) is 8.35. The molecular formula is C15H32N2O2S. The van der Waals surface area contributed by atoms with E-state index >= 15 is 0 Å². The number of hydrogen-bond acceptors (Lipinski definition) is 3. The Kier molecular flexibility index (Phi) is 7.48. The van der Waals surface area contributed by atoms with Crippen LogP contribution in [0, 0.1) is 5.92 Å². The van der Waals surface area contributed by atoms with E-state index in [1.54, 1.807) is 4.31 Å². The molecule has 1 aliphatic rings. The van der Waals surface area contributed by atoms with E-state index in [9.17, 15) is 8.42 Å². The lowest BCUT2D eigenvalue weighted by molar-refractivity contribution is 0.229. The van der Waals surface area contributed by atoms with Gasteiger partial charge in [0, 0.05) is 25.2 Å². The molecule has 20 heavy (non-hydrogen) atoms. The van der Waals surface area contributed by atoms with E-state index in [1.807, 2.05) is 0 Å². The second-order valence-corrected chi connectivity index (χ2v) is 8.51. The fourth-order valence-corrected chi connectivity index (χ4v) is 4.06. The third-order valence-corrected chi connectivity index (χ3v) is 5.31. The maximum absolute atomic E-state index is 11.7. The molecule has 0 bridgehead atoms. The highest BCUT2D eigenvalue weighted by molar-refractivity contribution is 7.88. The van der Waals surface area contributed by atoms with Crippen LogP contribution < -0.4 is 5.32 Å². The molecule has 0 aromatic carbocycles. The molecule has 0 aromatic rings. The van der Waals surface area contributed by atoms with E-state index in [-0.39, 0.29) is 0 Å². The molecule has 1 fully saturated rings. The normalized spacial score (nSPS) is 23.1. The summed E-state index contributed by atoms with van der Waals surface area (Å²) in [5.74, 6) is 0.506. The van der Waals surface area contributed by atoms with Crippen LogP contribution in [0.25, 0.3) is 0 Å². The SMILES string of the molecule is CCCCC(CC1CCCN(S(C)(=O)=O)C1)NC(C)C. The lowest BCUT2D eigenvalue weighted by Crippen LogP contribution is -2.43. The first-order chi connectivity index (χ1) is 9.32. The summed E-state index contributed by atoms with van der Waals surface area (Å²) in [7, 11) is -3.02. The van der Waals surface area contributed by atoms with Crippen molar-refractivity contribution in [1.82, 2.24) is 9.62 Å². The van der Waals surface area contributed by atoms with Crippen molar-refractivity contribution in [3.8, 4) is 0 Å². The van der Waals surface area contributed by atoms with Crippen molar-refractivity contribution in [3.63, 3.8) is 0 Å². The smallest absolute Gasteiger partial charge is 0.211 e. The zero-order valence-corrected chi connectivity index (χ0v) is 14.4. The maximum atomic E-state index is 11.7. The molecule has 120 valence electrons. The topological polar surface area (TPSA) is 49.4 Å². The van der Waals surface area contributed by atoms with Crippen LogP contribution in [0.4, 0.5) is 0 Å². The Morgan fingerprint density at radius 2 is 2.05 bits per heavy atom. The Balaban J connectivity index is 2.54. The van der Waals surface area contributed by atoms with Gasteiger partial charge in [0.25, 0.3) is 0 Å². The molecule has 0 radical (unpaired) electrons. The average Bonchev–Trinajstić information content (AvgIpc) is 2.34. The van der Waals surface area contributed by atoms with Crippen LogP contribution in [0.3, 0.4) is 0 Å². The molecule has 5 heteroatoms. The second-order valence-electron chi connectivity index (χ2n) is 6.53. The summed E-state index contributed by atoms with van der Waals surface area (Å²) in [5.41, 5.74) is 0. The van der Waals surface area contributed by atoms with Gasteiger partial charge in [0.15, 0.2) is 0 Å². The van der Waals surface area contributed by atoms with E-state index in [0.717, 1.165) is 19.3 Å². The predicted molar refractivity (Wildman–Crippen MR) is 85.3 cm³/mol. The molecule has 0 aliphatic carbocycles. The van der Waals surface area contributed by atoms with Gasteiger partial charge in [-0.15, -0.1) is 0 Å². The van der Waals surface area contributed by atoms with Crippen LogP contribution >= 0.6 is 0 Å². The molecule has 1 rings (SSSR count). The van der Waals surface area contributed by atoms with Gasteiger partial charge >= 0.3 is 0 Å². The largest absolute Gasteiger partial charge is 0.312 e.